The van der Waals surface area contributed by atoms with Crippen LogP contribution >= 0.6 is 12.4 Å². The first-order valence-electron chi connectivity index (χ1n) is 7.89. The Hall–Kier alpha value is -1.78. The zero-order chi connectivity index (χ0) is 16.2. The van der Waals surface area contributed by atoms with Gasteiger partial charge in [0.2, 0.25) is 0 Å². The molecule has 3 rings (SSSR count). The van der Waals surface area contributed by atoms with Crippen LogP contribution in [0.5, 0.6) is 11.5 Å². The van der Waals surface area contributed by atoms with Crippen LogP contribution < -0.4 is 14.8 Å². The van der Waals surface area contributed by atoms with Crippen LogP contribution in [-0.2, 0) is 6.54 Å². The Kier molecular flexibility index (Phi) is 6.46. The van der Waals surface area contributed by atoms with Gasteiger partial charge >= 0.3 is 0 Å². The average molecular weight is 352 g/mol. The Morgan fingerprint density at radius 1 is 1.08 bits per heavy atom. The Balaban J connectivity index is 0.00000208. The normalized spacial score (nSPS) is 18.6. The summed E-state index contributed by atoms with van der Waals surface area (Å²) in [5, 5.41) is 3.48. The quantitative estimate of drug-likeness (QED) is 0.812. The summed E-state index contributed by atoms with van der Waals surface area (Å²) in [5.41, 5.74) is 2.13. The summed E-state index contributed by atoms with van der Waals surface area (Å²) in [5.74, 6) is 2.39. The molecule has 2 aromatic carbocycles. The van der Waals surface area contributed by atoms with E-state index in [4.69, 9.17) is 9.47 Å². The van der Waals surface area contributed by atoms with Crippen LogP contribution in [0, 0.1) is 11.7 Å². The molecule has 0 unspecified atom stereocenters. The summed E-state index contributed by atoms with van der Waals surface area (Å²) in [6, 6.07) is 12.8. The molecule has 2 atom stereocenters. The van der Waals surface area contributed by atoms with Gasteiger partial charge in [0.15, 0.2) is 0 Å². The van der Waals surface area contributed by atoms with Crippen molar-refractivity contribution in [3.05, 3.63) is 59.4 Å². The summed E-state index contributed by atoms with van der Waals surface area (Å²) in [6.07, 6.45) is 1.07. The van der Waals surface area contributed by atoms with Crippen molar-refractivity contribution in [2.75, 3.05) is 20.8 Å². The van der Waals surface area contributed by atoms with E-state index in [9.17, 15) is 4.39 Å². The van der Waals surface area contributed by atoms with Gasteiger partial charge in [0.1, 0.15) is 17.3 Å². The summed E-state index contributed by atoms with van der Waals surface area (Å²) in [4.78, 5) is 0. The lowest BCUT2D eigenvalue weighted by Gasteiger charge is -2.10. The van der Waals surface area contributed by atoms with Crippen LogP contribution in [0.1, 0.15) is 23.5 Å². The van der Waals surface area contributed by atoms with Gasteiger partial charge in [-0.2, -0.15) is 0 Å². The van der Waals surface area contributed by atoms with Crippen molar-refractivity contribution in [3.8, 4) is 11.5 Å². The van der Waals surface area contributed by atoms with Crippen molar-refractivity contribution in [3.63, 3.8) is 0 Å². The van der Waals surface area contributed by atoms with Crippen LogP contribution in [0.4, 0.5) is 4.39 Å². The standard InChI is InChI=1S/C19H22FNO2.ClH/c1-22-18-6-4-3-5-13(18)11-21-12-14-9-16(14)17-10-15(20)7-8-19(17)23-2;/h3-8,10,14,16,21H,9,11-12H2,1-2H3;1H/t14-,16+;/m0./s1. The predicted octanol–water partition coefficient (Wildman–Crippen LogP) is 4.16. The third-order valence-corrected chi connectivity index (χ3v) is 4.43. The molecule has 0 bridgehead atoms. The molecule has 24 heavy (non-hydrogen) atoms. The second-order valence-electron chi connectivity index (χ2n) is 5.93. The fourth-order valence-electron chi connectivity index (χ4n) is 3.09. The molecule has 1 fully saturated rings. The van der Waals surface area contributed by atoms with Crippen molar-refractivity contribution in [1.29, 1.82) is 0 Å². The minimum atomic E-state index is -0.201. The highest BCUT2D eigenvalue weighted by molar-refractivity contribution is 5.85. The Bertz CT molecular complexity index is 680. The summed E-state index contributed by atoms with van der Waals surface area (Å²) < 4.78 is 24.2. The number of rotatable bonds is 7. The number of hydrogen-bond donors (Lipinski definition) is 1. The Labute approximate surface area is 148 Å². The van der Waals surface area contributed by atoms with E-state index < -0.39 is 0 Å². The molecule has 0 heterocycles. The Morgan fingerprint density at radius 3 is 2.58 bits per heavy atom. The first-order valence-corrected chi connectivity index (χ1v) is 7.89. The second kappa shape index (κ2) is 8.36. The number of hydrogen-bond acceptors (Lipinski definition) is 3. The number of para-hydroxylation sites is 1. The van der Waals surface area contributed by atoms with Gasteiger partial charge in [-0.1, -0.05) is 18.2 Å². The van der Waals surface area contributed by atoms with Gasteiger partial charge in [-0.05, 0) is 49.1 Å². The fourth-order valence-corrected chi connectivity index (χ4v) is 3.09. The maximum Gasteiger partial charge on any atom is 0.123 e. The van der Waals surface area contributed by atoms with E-state index in [1.807, 2.05) is 18.2 Å². The molecular weight excluding hydrogens is 329 g/mol. The van der Waals surface area contributed by atoms with Crippen molar-refractivity contribution < 1.29 is 13.9 Å². The molecule has 3 nitrogen and oxygen atoms in total. The van der Waals surface area contributed by atoms with Gasteiger partial charge in [0.05, 0.1) is 14.2 Å². The molecule has 0 amide bonds. The van der Waals surface area contributed by atoms with E-state index >= 15 is 0 Å². The van der Waals surface area contributed by atoms with E-state index in [-0.39, 0.29) is 18.2 Å². The highest BCUT2D eigenvalue weighted by Gasteiger charge is 2.39. The molecule has 5 heteroatoms. The van der Waals surface area contributed by atoms with Crippen LogP contribution in [0.2, 0.25) is 0 Å². The second-order valence-corrected chi connectivity index (χ2v) is 5.93. The van der Waals surface area contributed by atoms with Gasteiger partial charge in [-0.3, -0.25) is 0 Å². The lowest BCUT2D eigenvalue weighted by molar-refractivity contribution is 0.406. The lowest BCUT2D eigenvalue weighted by atomic mass is 10.1. The molecule has 0 spiro atoms. The van der Waals surface area contributed by atoms with Crippen molar-refractivity contribution in [2.45, 2.75) is 18.9 Å². The van der Waals surface area contributed by atoms with Crippen molar-refractivity contribution >= 4 is 12.4 Å². The van der Waals surface area contributed by atoms with Crippen molar-refractivity contribution in [1.82, 2.24) is 5.32 Å². The molecule has 2 aromatic rings. The van der Waals surface area contributed by atoms with Crippen LogP contribution in [-0.4, -0.2) is 20.8 Å². The van der Waals surface area contributed by atoms with Gasteiger partial charge < -0.3 is 14.8 Å². The predicted molar refractivity (Wildman–Crippen MR) is 95.7 cm³/mol. The highest BCUT2D eigenvalue weighted by Crippen LogP contribution is 2.50. The van der Waals surface area contributed by atoms with Crippen molar-refractivity contribution in [2.24, 2.45) is 5.92 Å². The van der Waals surface area contributed by atoms with E-state index in [1.165, 1.54) is 6.07 Å². The van der Waals surface area contributed by atoms with Crippen LogP contribution in [0.3, 0.4) is 0 Å². The van der Waals surface area contributed by atoms with E-state index in [2.05, 4.69) is 11.4 Å². The lowest BCUT2D eigenvalue weighted by Crippen LogP contribution is -2.17. The van der Waals surface area contributed by atoms with Gasteiger partial charge in [-0.25, -0.2) is 4.39 Å². The SMILES string of the molecule is COc1ccccc1CNC[C@@H]1C[C@H]1c1cc(F)ccc1OC.Cl. The molecule has 0 aromatic heterocycles. The Morgan fingerprint density at radius 2 is 1.83 bits per heavy atom. The topological polar surface area (TPSA) is 30.5 Å². The fraction of sp³-hybridized carbons (Fsp3) is 0.368. The molecule has 1 aliphatic carbocycles. The average Bonchev–Trinajstić information content (AvgIpc) is 3.34. The third-order valence-electron chi connectivity index (χ3n) is 4.43. The van der Waals surface area contributed by atoms with E-state index in [1.54, 1.807) is 26.4 Å². The first kappa shape index (κ1) is 18.6. The van der Waals surface area contributed by atoms with E-state index in [0.717, 1.165) is 42.1 Å². The zero-order valence-electron chi connectivity index (χ0n) is 13.9. The van der Waals surface area contributed by atoms with Crippen LogP contribution in [0.25, 0.3) is 0 Å². The third kappa shape index (κ3) is 4.19. The number of nitrogens with one attached hydrogen (secondary N) is 1. The molecule has 0 radical (unpaired) electrons. The first-order chi connectivity index (χ1) is 11.2. The minimum Gasteiger partial charge on any atom is -0.496 e. The number of halogens is 2. The summed E-state index contributed by atoms with van der Waals surface area (Å²) in [7, 11) is 3.32. The zero-order valence-corrected chi connectivity index (χ0v) is 14.7. The largest absolute Gasteiger partial charge is 0.496 e. The monoisotopic (exact) mass is 351 g/mol. The van der Waals surface area contributed by atoms with E-state index in [0.29, 0.717) is 11.8 Å². The maximum absolute atomic E-state index is 13.5. The molecule has 1 aliphatic rings. The number of ether oxygens (including phenoxy) is 2. The molecule has 130 valence electrons. The van der Waals surface area contributed by atoms with Gasteiger partial charge in [0.25, 0.3) is 0 Å². The minimum absolute atomic E-state index is 0. The summed E-state index contributed by atoms with van der Waals surface area (Å²) in [6.45, 7) is 1.68. The molecule has 1 N–H and O–H groups in total. The highest BCUT2D eigenvalue weighted by atomic mass is 35.5. The molecular formula is C19H23ClFNO2. The summed E-state index contributed by atoms with van der Waals surface area (Å²) >= 11 is 0. The maximum atomic E-state index is 13.5. The van der Waals surface area contributed by atoms with Crippen LogP contribution in [0.15, 0.2) is 42.5 Å². The smallest absolute Gasteiger partial charge is 0.123 e. The molecule has 1 saturated carbocycles. The molecule has 0 aliphatic heterocycles. The van der Waals surface area contributed by atoms with Gasteiger partial charge in [-0.15, -0.1) is 12.4 Å². The van der Waals surface area contributed by atoms with Gasteiger partial charge in [0, 0.05) is 17.7 Å². The molecule has 0 saturated heterocycles. The number of methoxy groups -OCH3 is 2. The number of benzene rings is 2.